The molecule has 2 N–H and O–H groups in total. The van der Waals surface area contributed by atoms with Crippen LogP contribution in [0.2, 0.25) is 0 Å². The lowest BCUT2D eigenvalue weighted by Crippen LogP contribution is -2.44. The minimum absolute atomic E-state index is 0.0101. The van der Waals surface area contributed by atoms with E-state index < -0.39 is 0 Å². The van der Waals surface area contributed by atoms with Crippen LogP contribution in [-0.4, -0.2) is 23.6 Å². The number of fused-ring (bicyclic) bond motifs is 1. The molecule has 0 aromatic heterocycles. The lowest BCUT2D eigenvalue weighted by Gasteiger charge is -2.27. The first-order chi connectivity index (χ1) is 8.84. The van der Waals surface area contributed by atoms with E-state index in [1.165, 1.54) is 11.1 Å². The summed E-state index contributed by atoms with van der Waals surface area (Å²) >= 11 is 1.79. The number of aryl methyl sites for hydroxylation is 1. The molecule has 2 atom stereocenters. The number of rotatable bonds is 2. The van der Waals surface area contributed by atoms with Gasteiger partial charge in [-0.3, -0.25) is 10.1 Å². The van der Waals surface area contributed by atoms with Crippen LogP contribution in [0.1, 0.15) is 30.0 Å². The van der Waals surface area contributed by atoms with Crippen LogP contribution >= 0.6 is 11.8 Å². The zero-order chi connectivity index (χ0) is 12.4. The van der Waals surface area contributed by atoms with Crippen molar-refractivity contribution < 1.29 is 4.79 Å². The topological polar surface area (TPSA) is 41.1 Å². The van der Waals surface area contributed by atoms with E-state index in [4.69, 9.17) is 0 Å². The molecule has 0 saturated carbocycles. The Morgan fingerprint density at radius 1 is 1.39 bits per heavy atom. The van der Waals surface area contributed by atoms with Crippen LogP contribution in [0.25, 0.3) is 0 Å². The molecule has 1 heterocycles. The Bertz CT molecular complexity index is 443. The van der Waals surface area contributed by atoms with E-state index in [0.717, 1.165) is 30.9 Å². The number of carbonyl (C=O) groups is 1. The fourth-order valence-corrected chi connectivity index (χ4v) is 3.68. The van der Waals surface area contributed by atoms with E-state index in [9.17, 15) is 4.79 Å². The van der Waals surface area contributed by atoms with E-state index in [1.54, 1.807) is 11.8 Å². The summed E-state index contributed by atoms with van der Waals surface area (Å²) < 4.78 is 0. The van der Waals surface area contributed by atoms with Crippen molar-refractivity contribution in [3.63, 3.8) is 0 Å². The fraction of sp³-hybridized carbons (Fsp3) is 0.500. The highest BCUT2D eigenvalue weighted by atomic mass is 32.2. The summed E-state index contributed by atoms with van der Waals surface area (Å²) in [6.07, 6.45) is 3.36. The number of thioether (sulfide) groups is 1. The zero-order valence-electron chi connectivity index (χ0n) is 10.3. The van der Waals surface area contributed by atoms with Crippen molar-refractivity contribution in [1.82, 2.24) is 10.6 Å². The molecule has 3 nitrogen and oxygen atoms in total. The molecule has 1 aliphatic carbocycles. The van der Waals surface area contributed by atoms with Gasteiger partial charge in [0.15, 0.2) is 0 Å². The third kappa shape index (κ3) is 2.40. The SMILES string of the molecule is O=C(N[C@@H]1CCCc2ccccc21)C1CSCN1. The smallest absolute Gasteiger partial charge is 0.238 e. The predicted octanol–water partition coefficient (Wildman–Crippen LogP) is 1.84. The predicted molar refractivity (Wildman–Crippen MR) is 74.5 cm³/mol. The van der Waals surface area contributed by atoms with Gasteiger partial charge in [-0.15, -0.1) is 11.8 Å². The van der Waals surface area contributed by atoms with Gasteiger partial charge in [0.05, 0.1) is 12.1 Å². The van der Waals surface area contributed by atoms with Crippen molar-refractivity contribution in [2.45, 2.75) is 31.3 Å². The van der Waals surface area contributed by atoms with Crippen molar-refractivity contribution in [3.05, 3.63) is 35.4 Å². The highest BCUT2D eigenvalue weighted by Crippen LogP contribution is 2.29. The highest BCUT2D eigenvalue weighted by molar-refractivity contribution is 7.99. The Balaban J connectivity index is 1.72. The minimum atomic E-state index is -0.0101. The standard InChI is InChI=1S/C14H18N2OS/c17-14(13-8-18-9-15-13)16-12-7-3-5-10-4-1-2-6-11(10)12/h1-2,4,6,12-13,15H,3,5,7-9H2,(H,16,17)/t12-,13?/m1/s1. The summed E-state index contributed by atoms with van der Waals surface area (Å²) in [5.74, 6) is 1.93. The first kappa shape index (κ1) is 12.1. The summed E-state index contributed by atoms with van der Waals surface area (Å²) in [6, 6.07) is 8.66. The molecule has 0 bridgehead atoms. The third-order valence-corrected chi connectivity index (χ3v) is 4.66. The van der Waals surface area contributed by atoms with Crippen LogP contribution < -0.4 is 10.6 Å². The van der Waals surface area contributed by atoms with Crippen molar-refractivity contribution >= 4 is 17.7 Å². The van der Waals surface area contributed by atoms with Gasteiger partial charge in [0.25, 0.3) is 0 Å². The Kier molecular flexibility index (Phi) is 3.57. The van der Waals surface area contributed by atoms with E-state index >= 15 is 0 Å². The molecule has 1 fully saturated rings. The molecule has 0 spiro atoms. The van der Waals surface area contributed by atoms with E-state index in [-0.39, 0.29) is 18.0 Å². The van der Waals surface area contributed by atoms with Crippen LogP contribution in [0.15, 0.2) is 24.3 Å². The number of amides is 1. The third-order valence-electron chi connectivity index (χ3n) is 3.72. The largest absolute Gasteiger partial charge is 0.348 e. The second-order valence-electron chi connectivity index (χ2n) is 4.92. The van der Waals surface area contributed by atoms with Crippen LogP contribution in [-0.2, 0) is 11.2 Å². The van der Waals surface area contributed by atoms with Crippen LogP contribution in [0.4, 0.5) is 0 Å². The Morgan fingerprint density at radius 3 is 3.11 bits per heavy atom. The van der Waals surface area contributed by atoms with Gasteiger partial charge < -0.3 is 5.32 Å². The van der Waals surface area contributed by atoms with Gasteiger partial charge in [-0.25, -0.2) is 0 Å². The average Bonchev–Trinajstić information content (AvgIpc) is 2.93. The molecular formula is C14H18N2OS. The van der Waals surface area contributed by atoms with Gasteiger partial charge in [0.2, 0.25) is 5.91 Å². The Hall–Kier alpha value is -1.00. The van der Waals surface area contributed by atoms with Crippen LogP contribution in [0.5, 0.6) is 0 Å². The number of hydrogen-bond donors (Lipinski definition) is 2. The highest BCUT2D eigenvalue weighted by Gasteiger charge is 2.27. The molecule has 0 radical (unpaired) electrons. The molecule has 1 unspecified atom stereocenters. The van der Waals surface area contributed by atoms with Gasteiger partial charge in [0, 0.05) is 11.6 Å². The lowest BCUT2D eigenvalue weighted by atomic mass is 9.87. The van der Waals surface area contributed by atoms with Gasteiger partial charge >= 0.3 is 0 Å². The maximum atomic E-state index is 12.1. The quantitative estimate of drug-likeness (QED) is 0.854. The second-order valence-corrected chi connectivity index (χ2v) is 5.95. The van der Waals surface area contributed by atoms with Gasteiger partial charge in [0.1, 0.15) is 0 Å². The molecule has 1 aliphatic heterocycles. The summed E-state index contributed by atoms with van der Waals surface area (Å²) in [5, 5.41) is 6.42. The number of carbonyl (C=O) groups excluding carboxylic acids is 1. The molecule has 1 saturated heterocycles. The van der Waals surface area contributed by atoms with E-state index in [1.807, 2.05) is 0 Å². The van der Waals surface area contributed by atoms with Crippen molar-refractivity contribution in [2.75, 3.05) is 11.6 Å². The molecule has 96 valence electrons. The lowest BCUT2D eigenvalue weighted by molar-refractivity contribution is -0.123. The summed E-state index contributed by atoms with van der Waals surface area (Å²) in [5.41, 5.74) is 2.70. The summed E-state index contributed by atoms with van der Waals surface area (Å²) in [6.45, 7) is 0. The normalized spacial score (nSPS) is 26.7. The average molecular weight is 262 g/mol. The number of hydrogen-bond acceptors (Lipinski definition) is 3. The van der Waals surface area contributed by atoms with E-state index in [2.05, 4.69) is 34.9 Å². The molecule has 2 aliphatic rings. The van der Waals surface area contributed by atoms with Crippen LogP contribution in [0, 0.1) is 0 Å². The van der Waals surface area contributed by atoms with Crippen molar-refractivity contribution in [2.24, 2.45) is 0 Å². The molecule has 1 aromatic carbocycles. The molecule has 1 amide bonds. The fourth-order valence-electron chi connectivity index (χ4n) is 2.74. The molecular weight excluding hydrogens is 244 g/mol. The number of benzene rings is 1. The second kappa shape index (κ2) is 5.33. The first-order valence-electron chi connectivity index (χ1n) is 6.54. The van der Waals surface area contributed by atoms with Crippen molar-refractivity contribution in [1.29, 1.82) is 0 Å². The maximum Gasteiger partial charge on any atom is 0.238 e. The van der Waals surface area contributed by atoms with Gasteiger partial charge in [-0.05, 0) is 30.4 Å². The number of nitrogens with one attached hydrogen (secondary N) is 2. The molecule has 3 rings (SSSR count). The summed E-state index contributed by atoms with van der Waals surface area (Å²) in [4.78, 5) is 12.1. The maximum absolute atomic E-state index is 12.1. The zero-order valence-corrected chi connectivity index (χ0v) is 11.1. The summed E-state index contributed by atoms with van der Waals surface area (Å²) in [7, 11) is 0. The van der Waals surface area contributed by atoms with E-state index in [0.29, 0.717) is 0 Å². The Labute approximate surface area is 112 Å². The van der Waals surface area contributed by atoms with Gasteiger partial charge in [-0.1, -0.05) is 24.3 Å². The Morgan fingerprint density at radius 2 is 2.28 bits per heavy atom. The molecule has 1 aromatic rings. The molecule has 18 heavy (non-hydrogen) atoms. The van der Waals surface area contributed by atoms with Crippen molar-refractivity contribution in [3.8, 4) is 0 Å². The molecule has 4 heteroatoms. The minimum Gasteiger partial charge on any atom is -0.348 e. The first-order valence-corrected chi connectivity index (χ1v) is 7.69. The van der Waals surface area contributed by atoms with Crippen LogP contribution in [0.3, 0.4) is 0 Å². The van der Waals surface area contributed by atoms with Gasteiger partial charge in [-0.2, -0.15) is 0 Å². The monoisotopic (exact) mass is 262 g/mol.